The van der Waals surface area contributed by atoms with Crippen LogP contribution in [0.15, 0.2) is 12.1 Å². The molecule has 1 fully saturated rings. The number of benzene rings is 1. The molecule has 0 saturated carbocycles. The van der Waals surface area contributed by atoms with Crippen molar-refractivity contribution >= 4 is 45.8 Å². The third-order valence-corrected chi connectivity index (χ3v) is 5.45. The minimum Gasteiger partial charge on any atom is -0.493 e. The number of hydrogen-bond donors (Lipinski definition) is 0. The first-order valence-corrected chi connectivity index (χ1v) is 8.96. The van der Waals surface area contributed by atoms with Crippen molar-refractivity contribution in [3.63, 3.8) is 0 Å². The van der Waals surface area contributed by atoms with Crippen molar-refractivity contribution in [1.29, 1.82) is 0 Å². The summed E-state index contributed by atoms with van der Waals surface area (Å²) in [5.41, 5.74) is 0.851. The van der Waals surface area contributed by atoms with E-state index in [0.29, 0.717) is 39.7 Å². The van der Waals surface area contributed by atoms with Gasteiger partial charge in [0.2, 0.25) is 5.91 Å². The van der Waals surface area contributed by atoms with E-state index in [1.807, 2.05) is 6.07 Å². The monoisotopic (exact) mass is 373 g/mol. The van der Waals surface area contributed by atoms with E-state index in [1.165, 1.54) is 11.8 Å². The number of thiocarbonyl (C=S) groups is 1. The predicted octanol–water partition coefficient (Wildman–Crippen LogP) is 3.78. The maximum Gasteiger partial charge on any atom is 0.241 e. The first-order chi connectivity index (χ1) is 10.9. The highest BCUT2D eigenvalue weighted by molar-refractivity contribution is 8.24. The minimum absolute atomic E-state index is 0.0551. The molecule has 0 N–H and O–H groups in total. The van der Waals surface area contributed by atoms with Crippen molar-refractivity contribution in [1.82, 2.24) is 4.90 Å². The highest BCUT2D eigenvalue weighted by Gasteiger charge is 2.37. The highest BCUT2D eigenvalue weighted by atomic mass is 35.5. The Labute approximate surface area is 151 Å². The van der Waals surface area contributed by atoms with Crippen molar-refractivity contribution in [2.75, 3.05) is 20.8 Å². The van der Waals surface area contributed by atoms with E-state index < -0.39 is 0 Å². The van der Waals surface area contributed by atoms with Crippen molar-refractivity contribution in [2.45, 2.75) is 25.5 Å². The lowest BCUT2D eigenvalue weighted by atomic mass is 10.1. The van der Waals surface area contributed by atoms with E-state index in [0.717, 1.165) is 5.56 Å². The number of methoxy groups -OCH3 is 2. The standard InChI is InChI=1S/C16H20ClNO3S2/c1-9(2)8-18-15(19)14(23-16(18)22)6-10-5-12(20-3)13(21-4)7-11(10)17/h5,7,9,14H,6,8H2,1-4H3/t14-/m0/s1. The van der Waals surface area contributed by atoms with E-state index in [1.54, 1.807) is 25.2 Å². The number of ether oxygens (including phenoxy) is 2. The molecule has 126 valence electrons. The van der Waals surface area contributed by atoms with Gasteiger partial charge in [0, 0.05) is 17.6 Å². The minimum atomic E-state index is -0.239. The van der Waals surface area contributed by atoms with Crippen LogP contribution in [-0.4, -0.2) is 41.1 Å². The molecule has 4 nitrogen and oxygen atoms in total. The molecule has 0 aliphatic carbocycles. The molecule has 0 spiro atoms. The van der Waals surface area contributed by atoms with Crippen LogP contribution in [-0.2, 0) is 11.2 Å². The Kier molecular flexibility index (Phi) is 6.17. The summed E-state index contributed by atoms with van der Waals surface area (Å²) < 4.78 is 11.2. The third-order valence-electron chi connectivity index (χ3n) is 3.51. The number of rotatable bonds is 6. The average molecular weight is 374 g/mol. The number of thioether (sulfide) groups is 1. The van der Waals surface area contributed by atoms with Crippen molar-refractivity contribution in [3.8, 4) is 11.5 Å². The first-order valence-electron chi connectivity index (χ1n) is 7.29. The lowest BCUT2D eigenvalue weighted by molar-refractivity contribution is -0.126. The second-order valence-corrected chi connectivity index (χ2v) is 7.96. The number of halogens is 1. The highest BCUT2D eigenvalue weighted by Crippen LogP contribution is 2.37. The molecule has 0 aromatic heterocycles. The van der Waals surface area contributed by atoms with Crippen LogP contribution in [0.5, 0.6) is 11.5 Å². The zero-order valence-electron chi connectivity index (χ0n) is 13.6. The Morgan fingerprint density at radius 1 is 1.30 bits per heavy atom. The van der Waals surface area contributed by atoms with Gasteiger partial charge in [0.25, 0.3) is 0 Å². The van der Waals surface area contributed by atoms with Gasteiger partial charge < -0.3 is 9.47 Å². The molecule has 23 heavy (non-hydrogen) atoms. The maximum atomic E-state index is 12.6. The lowest BCUT2D eigenvalue weighted by Gasteiger charge is -2.18. The van der Waals surface area contributed by atoms with Gasteiger partial charge in [-0.15, -0.1) is 0 Å². The second kappa shape index (κ2) is 7.73. The Bertz CT molecular complexity index is 622. The van der Waals surface area contributed by atoms with Crippen molar-refractivity contribution in [2.24, 2.45) is 5.92 Å². The molecule has 1 aliphatic rings. The van der Waals surface area contributed by atoms with Crippen LogP contribution < -0.4 is 9.47 Å². The number of carbonyl (C=O) groups excluding carboxylic acids is 1. The van der Waals surface area contributed by atoms with Gasteiger partial charge in [0.1, 0.15) is 4.32 Å². The summed E-state index contributed by atoms with van der Waals surface area (Å²) in [6.07, 6.45) is 0.511. The molecule has 1 atom stereocenters. The number of hydrogen-bond acceptors (Lipinski definition) is 5. The lowest BCUT2D eigenvalue weighted by Crippen LogP contribution is -2.34. The molecule has 1 heterocycles. The molecule has 1 aromatic rings. The largest absolute Gasteiger partial charge is 0.493 e. The van der Waals surface area contributed by atoms with Gasteiger partial charge in [-0.1, -0.05) is 49.4 Å². The molecule has 0 unspecified atom stereocenters. The molecule has 0 bridgehead atoms. The topological polar surface area (TPSA) is 38.8 Å². The number of amides is 1. The fourth-order valence-corrected chi connectivity index (χ4v) is 4.18. The molecule has 0 radical (unpaired) electrons. The predicted molar refractivity (Wildman–Crippen MR) is 98.8 cm³/mol. The van der Waals surface area contributed by atoms with Crippen LogP contribution >= 0.6 is 35.6 Å². The summed E-state index contributed by atoms with van der Waals surface area (Å²) >= 11 is 13.1. The Morgan fingerprint density at radius 3 is 2.48 bits per heavy atom. The first kappa shape index (κ1) is 18.4. The van der Waals surface area contributed by atoms with Crippen LogP contribution in [0.2, 0.25) is 5.02 Å². The smallest absolute Gasteiger partial charge is 0.241 e. The van der Waals surface area contributed by atoms with Crippen LogP contribution in [0.3, 0.4) is 0 Å². The Morgan fingerprint density at radius 2 is 1.91 bits per heavy atom. The summed E-state index contributed by atoms with van der Waals surface area (Å²) in [7, 11) is 3.14. The second-order valence-electron chi connectivity index (χ2n) is 5.72. The molecule has 2 rings (SSSR count). The van der Waals surface area contributed by atoms with Gasteiger partial charge in [0.05, 0.1) is 19.5 Å². The fraction of sp³-hybridized carbons (Fsp3) is 0.500. The quantitative estimate of drug-likeness (QED) is 0.709. The van der Waals surface area contributed by atoms with Gasteiger partial charge in [-0.25, -0.2) is 0 Å². The summed E-state index contributed by atoms with van der Waals surface area (Å²) in [5, 5.41) is 0.320. The maximum absolute atomic E-state index is 12.6. The van der Waals surface area contributed by atoms with Crippen LogP contribution in [0, 0.1) is 5.92 Å². The Hall–Kier alpha value is -0.980. The van der Waals surface area contributed by atoms with Crippen LogP contribution in [0.1, 0.15) is 19.4 Å². The summed E-state index contributed by atoms with van der Waals surface area (Å²) in [6, 6.07) is 3.53. The van der Waals surface area contributed by atoms with Crippen molar-refractivity contribution < 1.29 is 14.3 Å². The molecule has 1 aliphatic heterocycles. The van der Waals surface area contributed by atoms with E-state index in [2.05, 4.69) is 13.8 Å². The number of carbonyl (C=O) groups is 1. The van der Waals surface area contributed by atoms with E-state index in [-0.39, 0.29) is 11.2 Å². The molecule has 7 heteroatoms. The van der Waals surface area contributed by atoms with E-state index >= 15 is 0 Å². The third kappa shape index (κ3) is 4.11. The molecule has 1 saturated heterocycles. The summed E-state index contributed by atoms with van der Waals surface area (Å²) in [4.78, 5) is 14.3. The van der Waals surface area contributed by atoms with Crippen LogP contribution in [0.4, 0.5) is 0 Å². The fourth-order valence-electron chi connectivity index (χ4n) is 2.41. The van der Waals surface area contributed by atoms with Gasteiger partial charge in [-0.2, -0.15) is 0 Å². The molecular weight excluding hydrogens is 354 g/mol. The average Bonchev–Trinajstić information content (AvgIpc) is 2.76. The van der Waals surface area contributed by atoms with E-state index in [4.69, 9.17) is 33.3 Å². The summed E-state index contributed by atoms with van der Waals surface area (Å²) in [5.74, 6) is 1.60. The van der Waals surface area contributed by atoms with Gasteiger partial charge in [0.15, 0.2) is 11.5 Å². The normalized spacial score (nSPS) is 18.0. The zero-order chi connectivity index (χ0) is 17.1. The SMILES string of the molecule is COc1cc(Cl)c(C[C@@H]2SC(=S)N(CC(C)C)C2=O)cc1OC. The van der Waals surface area contributed by atoms with Gasteiger partial charge >= 0.3 is 0 Å². The van der Waals surface area contributed by atoms with E-state index in [9.17, 15) is 4.79 Å². The molecule has 1 aromatic carbocycles. The van der Waals surface area contributed by atoms with Gasteiger partial charge in [-0.3, -0.25) is 9.69 Å². The number of nitrogens with zero attached hydrogens (tertiary/aromatic N) is 1. The Balaban J connectivity index is 2.20. The molecule has 1 amide bonds. The zero-order valence-corrected chi connectivity index (χ0v) is 16.0. The molecular formula is C16H20ClNO3S2. The summed E-state index contributed by atoms with van der Waals surface area (Å²) in [6.45, 7) is 4.79. The van der Waals surface area contributed by atoms with Gasteiger partial charge in [-0.05, 0) is 24.0 Å². The van der Waals surface area contributed by atoms with Crippen LogP contribution in [0.25, 0.3) is 0 Å². The van der Waals surface area contributed by atoms with Crippen molar-refractivity contribution in [3.05, 3.63) is 22.7 Å².